The van der Waals surface area contributed by atoms with Gasteiger partial charge in [-0.2, -0.15) is 5.10 Å². The van der Waals surface area contributed by atoms with Crippen LogP contribution in [-0.2, 0) is 4.79 Å². The van der Waals surface area contributed by atoms with Crippen LogP contribution >= 0.6 is 23.2 Å². The highest BCUT2D eigenvalue weighted by atomic mass is 35.5. The number of carbonyl (C=O) groups excluding carboxylic acids is 2. The number of halogens is 2. The average Bonchev–Trinajstić information content (AvgIpc) is 2.79. The van der Waals surface area contributed by atoms with Crippen molar-refractivity contribution in [1.82, 2.24) is 5.43 Å². The minimum Gasteiger partial charge on any atom is -0.423 e. The maximum absolute atomic E-state index is 12.3. The number of hydrogen-bond donors (Lipinski definition) is 1. The molecule has 33 heavy (non-hydrogen) atoms. The Labute approximate surface area is 206 Å². The van der Waals surface area contributed by atoms with Crippen LogP contribution in [0.1, 0.15) is 87.1 Å². The zero-order chi connectivity index (χ0) is 23.9. The number of carbonyl (C=O) groups is 2. The first kappa shape index (κ1) is 26.9. The first-order valence-corrected chi connectivity index (χ1v) is 12.3. The Morgan fingerprint density at radius 1 is 0.909 bits per heavy atom. The number of benzene rings is 2. The molecule has 0 heterocycles. The molecular formula is C26H32Cl2N2O3. The van der Waals surface area contributed by atoms with Gasteiger partial charge in [0.15, 0.2) is 0 Å². The fourth-order valence-corrected chi connectivity index (χ4v) is 3.76. The van der Waals surface area contributed by atoms with Gasteiger partial charge in [-0.15, -0.1) is 0 Å². The third-order valence-electron chi connectivity index (χ3n) is 5.15. The topological polar surface area (TPSA) is 67.8 Å². The molecule has 0 aliphatic carbocycles. The quantitative estimate of drug-likeness (QED) is 0.0974. The van der Waals surface area contributed by atoms with Gasteiger partial charge >= 0.3 is 5.97 Å². The van der Waals surface area contributed by atoms with Crippen molar-refractivity contribution >= 4 is 41.3 Å². The van der Waals surface area contributed by atoms with Gasteiger partial charge in [-0.3, -0.25) is 4.79 Å². The molecule has 0 aliphatic rings. The number of hydrogen-bond acceptors (Lipinski definition) is 4. The molecule has 0 atom stereocenters. The van der Waals surface area contributed by atoms with Crippen molar-refractivity contribution < 1.29 is 14.3 Å². The molecule has 178 valence electrons. The van der Waals surface area contributed by atoms with Gasteiger partial charge < -0.3 is 4.74 Å². The number of nitrogens with one attached hydrogen (secondary N) is 1. The van der Waals surface area contributed by atoms with Crippen LogP contribution < -0.4 is 10.2 Å². The molecule has 1 amide bonds. The Kier molecular flexibility index (Phi) is 12.6. The van der Waals surface area contributed by atoms with E-state index in [1.54, 1.807) is 36.5 Å². The predicted molar refractivity (Wildman–Crippen MR) is 135 cm³/mol. The zero-order valence-corrected chi connectivity index (χ0v) is 20.6. The first-order chi connectivity index (χ1) is 16.0. The molecule has 2 rings (SSSR count). The van der Waals surface area contributed by atoms with Crippen LogP contribution in [-0.4, -0.2) is 18.1 Å². The van der Waals surface area contributed by atoms with E-state index in [9.17, 15) is 9.59 Å². The summed E-state index contributed by atoms with van der Waals surface area (Å²) in [5.74, 6) is -0.279. The number of ether oxygens (including phenoxy) is 1. The van der Waals surface area contributed by atoms with E-state index in [-0.39, 0.29) is 16.5 Å². The summed E-state index contributed by atoms with van der Waals surface area (Å²) in [4.78, 5) is 24.1. The van der Waals surface area contributed by atoms with Gasteiger partial charge in [0.25, 0.3) is 0 Å². The molecule has 0 aliphatic heterocycles. The monoisotopic (exact) mass is 490 g/mol. The van der Waals surface area contributed by atoms with Crippen molar-refractivity contribution in [3.63, 3.8) is 0 Å². The molecule has 0 aromatic heterocycles. The Hall–Kier alpha value is -2.37. The van der Waals surface area contributed by atoms with Crippen LogP contribution in [0.25, 0.3) is 0 Å². The summed E-state index contributed by atoms with van der Waals surface area (Å²) < 4.78 is 5.33. The van der Waals surface area contributed by atoms with Crippen molar-refractivity contribution in [2.75, 3.05) is 0 Å². The first-order valence-electron chi connectivity index (χ1n) is 11.6. The summed E-state index contributed by atoms with van der Waals surface area (Å²) in [6, 6.07) is 11.4. The molecule has 7 heteroatoms. The second-order valence-corrected chi connectivity index (χ2v) is 8.80. The largest absolute Gasteiger partial charge is 0.423 e. The van der Waals surface area contributed by atoms with Crippen molar-refractivity contribution in [1.29, 1.82) is 0 Å². The lowest BCUT2D eigenvalue weighted by molar-refractivity contribution is -0.121. The lowest BCUT2D eigenvalue weighted by Gasteiger charge is -2.06. The molecule has 5 nitrogen and oxygen atoms in total. The molecule has 0 saturated carbocycles. The van der Waals surface area contributed by atoms with E-state index in [1.165, 1.54) is 57.1 Å². The lowest BCUT2D eigenvalue weighted by Crippen LogP contribution is -2.16. The van der Waals surface area contributed by atoms with Crippen LogP contribution in [0, 0.1) is 0 Å². The number of rotatable bonds is 14. The fraction of sp³-hybridized carbons (Fsp3) is 0.423. The Balaban J connectivity index is 1.65. The van der Waals surface area contributed by atoms with E-state index in [4.69, 9.17) is 27.9 Å². The standard InChI is InChI=1S/C26H32Cl2N2O3/c1-2-3-4-5-6-7-8-9-10-11-25(31)30-29-19-20-12-15-22(16-13-20)33-26(32)23-17-14-21(27)18-24(23)28/h12-19H,2-11H2,1H3,(H,30,31). The molecule has 0 fully saturated rings. The Morgan fingerprint density at radius 3 is 2.18 bits per heavy atom. The van der Waals surface area contributed by atoms with Crippen molar-refractivity contribution in [3.8, 4) is 5.75 Å². The maximum atomic E-state index is 12.3. The summed E-state index contributed by atoms with van der Waals surface area (Å²) >= 11 is 11.9. The van der Waals surface area contributed by atoms with E-state index in [1.807, 2.05) is 0 Å². The van der Waals surface area contributed by atoms with E-state index >= 15 is 0 Å². The third-order valence-corrected chi connectivity index (χ3v) is 5.70. The van der Waals surface area contributed by atoms with E-state index in [2.05, 4.69) is 17.5 Å². The minimum absolute atomic E-state index is 0.0837. The molecule has 0 saturated heterocycles. The third kappa shape index (κ3) is 10.9. The molecule has 0 spiro atoms. The average molecular weight is 491 g/mol. The second-order valence-electron chi connectivity index (χ2n) is 7.95. The molecule has 2 aromatic rings. The van der Waals surface area contributed by atoms with Crippen molar-refractivity contribution in [3.05, 3.63) is 63.6 Å². The van der Waals surface area contributed by atoms with Crippen LogP contribution in [0.2, 0.25) is 10.0 Å². The summed E-state index contributed by atoms with van der Waals surface area (Å²) in [5.41, 5.74) is 3.56. The van der Waals surface area contributed by atoms with Crippen molar-refractivity contribution in [2.24, 2.45) is 5.10 Å². The van der Waals surface area contributed by atoms with Crippen LogP contribution in [0.15, 0.2) is 47.6 Å². The van der Waals surface area contributed by atoms with Crippen LogP contribution in [0.5, 0.6) is 5.75 Å². The molecule has 2 aromatic carbocycles. The van der Waals surface area contributed by atoms with Gasteiger partial charge in [0.05, 0.1) is 16.8 Å². The fourth-order valence-electron chi connectivity index (χ4n) is 3.27. The maximum Gasteiger partial charge on any atom is 0.345 e. The summed E-state index contributed by atoms with van der Waals surface area (Å²) in [6.45, 7) is 2.23. The summed E-state index contributed by atoms with van der Waals surface area (Å²) in [7, 11) is 0. The van der Waals surface area contributed by atoms with Gasteiger partial charge in [-0.25, -0.2) is 10.2 Å². The van der Waals surface area contributed by atoms with Gasteiger partial charge in [-0.05, 0) is 54.4 Å². The second kappa shape index (κ2) is 15.5. The highest BCUT2D eigenvalue weighted by Gasteiger charge is 2.13. The van der Waals surface area contributed by atoms with E-state index < -0.39 is 5.97 Å². The van der Waals surface area contributed by atoms with Crippen LogP contribution in [0.3, 0.4) is 0 Å². The SMILES string of the molecule is CCCCCCCCCCCC(=O)NN=Cc1ccc(OC(=O)c2ccc(Cl)cc2Cl)cc1. The molecule has 1 N–H and O–H groups in total. The Morgan fingerprint density at radius 2 is 1.55 bits per heavy atom. The van der Waals surface area contributed by atoms with E-state index in [0.717, 1.165) is 18.4 Å². The predicted octanol–water partition coefficient (Wildman–Crippen LogP) is 7.58. The number of amides is 1. The number of unbranched alkanes of at least 4 members (excludes halogenated alkanes) is 8. The number of esters is 1. The normalized spacial score (nSPS) is 11.0. The zero-order valence-electron chi connectivity index (χ0n) is 19.1. The summed E-state index contributed by atoms with van der Waals surface area (Å²) in [6.07, 6.45) is 13.0. The van der Waals surface area contributed by atoms with Gasteiger partial charge in [0.2, 0.25) is 5.91 Å². The lowest BCUT2D eigenvalue weighted by atomic mass is 10.1. The number of hydrazone groups is 1. The van der Waals surface area contributed by atoms with Gasteiger partial charge in [0.1, 0.15) is 5.75 Å². The van der Waals surface area contributed by atoms with Gasteiger partial charge in [0, 0.05) is 11.4 Å². The molecule has 0 bridgehead atoms. The smallest absolute Gasteiger partial charge is 0.345 e. The molecular weight excluding hydrogens is 459 g/mol. The highest BCUT2D eigenvalue weighted by Crippen LogP contribution is 2.23. The highest BCUT2D eigenvalue weighted by molar-refractivity contribution is 6.36. The van der Waals surface area contributed by atoms with Crippen LogP contribution in [0.4, 0.5) is 0 Å². The number of nitrogens with zero attached hydrogens (tertiary/aromatic N) is 1. The van der Waals surface area contributed by atoms with Gasteiger partial charge in [-0.1, -0.05) is 81.5 Å². The minimum atomic E-state index is -0.568. The van der Waals surface area contributed by atoms with Crippen molar-refractivity contribution in [2.45, 2.75) is 71.1 Å². The van der Waals surface area contributed by atoms with E-state index in [0.29, 0.717) is 17.2 Å². The molecule has 0 unspecified atom stereocenters. The Bertz CT molecular complexity index is 914. The molecule has 0 radical (unpaired) electrons. The summed E-state index contributed by atoms with van der Waals surface area (Å²) in [5, 5.41) is 4.67.